The molecule has 1 heterocycles. The number of hydrogen-bond donors (Lipinski definition) is 0. The van der Waals surface area contributed by atoms with Crippen molar-refractivity contribution < 1.29 is 4.79 Å². The van der Waals surface area contributed by atoms with Gasteiger partial charge in [0.1, 0.15) is 0 Å². The number of carbonyl (C=O) groups is 1. The van der Waals surface area contributed by atoms with Crippen LogP contribution in [0.15, 0.2) is 18.5 Å². The Bertz CT molecular complexity index is 403. The average molecular weight is 219 g/mol. The molecule has 86 valence electrons. The Morgan fingerprint density at radius 2 is 2.38 bits per heavy atom. The number of nitriles is 1. The van der Waals surface area contributed by atoms with Crippen LogP contribution in [0.4, 0.5) is 0 Å². The second kappa shape index (κ2) is 5.47. The van der Waals surface area contributed by atoms with Crippen molar-refractivity contribution in [2.45, 2.75) is 6.92 Å². The van der Waals surface area contributed by atoms with Crippen LogP contribution in [0.3, 0.4) is 0 Å². The van der Waals surface area contributed by atoms with Crippen molar-refractivity contribution in [2.24, 2.45) is 13.0 Å². The molecule has 1 unspecified atom stereocenters. The number of nitrogens with zero attached hydrogens (tertiary/aromatic N) is 3. The Hall–Kier alpha value is -1.60. The lowest BCUT2D eigenvalue weighted by Gasteiger charge is -2.16. The molecule has 0 aliphatic rings. The zero-order valence-electron chi connectivity index (χ0n) is 9.97. The molecule has 1 rings (SSSR count). The highest BCUT2D eigenvalue weighted by atomic mass is 16.1. The van der Waals surface area contributed by atoms with E-state index in [0.29, 0.717) is 13.1 Å². The summed E-state index contributed by atoms with van der Waals surface area (Å²) >= 11 is 0. The van der Waals surface area contributed by atoms with E-state index >= 15 is 0 Å². The maximum Gasteiger partial charge on any atom is 0.178 e. The van der Waals surface area contributed by atoms with Crippen LogP contribution >= 0.6 is 0 Å². The fourth-order valence-corrected chi connectivity index (χ4v) is 1.58. The molecule has 0 saturated carbocycles. The van der Waals surface area contributed by atoms with Gasteiger partial charge in [-0.2, -0.15) is 5.26 Å². The van der Waals surface area contributed by atoms with Gasteiger partial charge in [0, 0.05) is 31.5 Å². The third kappa shape index (κ3) is 3.52. The van der Waals surface area contributed by atoms with Crippen LogP contribution in [0, 0.1) is 17.2 Å². The first-order valence-corrected chi connectivity index (χ1v) is 5.26. The van der Waals surface area contributed by atoms with Crippen molar-refractivity contribution in [1.82, 2.24) is 9.47 Å². The zero-order valence-corrected chi connectivity index (χ0v) is 9.97. The number of ketones is 1. The van der Waals surface area contributed by atoms with E-state index in [0.717, 1.165) is 5.56 Å². The summed E-state index contributed by atoms with van der Waals surface area (Å²) in [6, 6.07) is 3.97. The normalized spacial score (nSPS) is 12.4. The molecule has 0 spiro atoms. The van der Waals surface area contributed by atoms with Crippen LogP contribution < -0.4 is 0 Å². The van der Waals surface area contributed by atoms with Gasteiger partial charge in [0.2, 0.25) is 0 Å². The van der Waals surface area contributed by atoms with Crippen LogP contribution in [0.1, 0.15) is 17.3 Å². The van der Waals surface area contributed by atoms with Gasteiger partial charge in [0.25, 0.3) is 0 Å². The molecule has 0 bridgehead atoms. The quantitative estimate of drug-likeness (QED) is 0.701. The minimum atomic E-state index is -0.0476. The van der Waals surface area contributed by atoms with Crippen LogP contribution in [-0.2, 0) is 7.05 Å². The summed E-state index contributed by atoms with van der Waals surface area (Å²) < 4.78 is 1.85. The highest BCUT2D eigenvalue weighted by Crippen LogP contribution is 2.03. The van der Waals surface area contributed by atoms with Crippen molar-refractivity contribution in [1.29, 1.82) is 5.26 Å². The molecule has 4 heteroatoms. The standard InChI is InChI=1S/C12H17N3O/c1-10(6-13)7-15(3)9-12(16)11-4-5-14(2)8-11/h4-5,8,10H,7,9H2,1-3H3. The summed E-state index contributed by atoms with van der Waals surface area (Å²) in [6.45, 7) is 2.83. The highest BCUT2D eigenvalue weighted by Gasteiger charge is 2.12. The topological polar surface area (TPSA) is 49.0 Å². The number of hydrogen-bond acceptors (Lipinski definition) is 3. The lowest BCUT2D eigenvalue weighted by Crippen LogP contribution is -2.29. The molecule has 0 fully saturated rings. The molecule has 0 aliphatic heterocycles. The second-order valence-corrected chi connectivity index (χ2v) is 4.22. The molecule has 0 radical (unpaired) electrons. The number of likely N-dealkylation sites (N-methyl/N-ethyl adjacent to an activating group) is 1. The van der Waals surface area contributed by atoms with Crippen molar-refractivity contribution >= 4 is 5.78 Å². The number of aromatic nitrogens is 1. The average Bonchev–Trinajstić information content (AvgIpc) is 2.64. The summed E-state index contributed by atoms with van der Waals surface area (Å²) in [6.07, 6.45) is 3.66. The summed E-state index contributed by atoms with van der Waals surface area (Å²) in [5.41, 5.74) is 0.721. The largest absolute Gasteiger partial charge is 0.357 e. The van der Waals surface area contributed by atoms with E-state index in [2.05, 4.69) is 6.07 Å². The minimum absolute atomic E-state index is 0.0476. The Balaban J connectivity index is 2.49. The van der Waals surface area contributed by atoms with Crippen molar-refractivity contribution in [3.05, 3.63) is 24.0 Å². The summed E-state index contributed by atoms with van der Waals surface area (Å²) in [4.78, 5) is 13.7. The molecule has 0 amide bonds. The van der Waals surface area contributed by atoms with E-state index in [9.17, 15) is 4.79 Å². The smallest absolute Gasteiger partial charge is 0.178 e. The molecule has 1 aromatic heterocycles. The van der Waals surface area contributed by atoms with Gasteiger partial charge in [-0.05, 0) is 20.0 Å². The molecular formula is C12H17N3O. The van der Waals surface area contributed by atoms with Gasteiger partial charge in [0.05, 0.1) is 18.5 Å². The van der Waals surface area contributed by atoms with E-state index in [1.807, 2.05) is 48.9 Å². The number of aryl methyl sites for hydroxylation is 1. The fourth-order valence-electron chi connectivity index (χ4n) is 1.58. The van der Waals surface area contributed by atoms with Crippen LogP contribution in [0.25, 0.3) is 0 Å². The van der Waals surface area contributed by atoms with E-state index in [4.69, 9.17) is 5.26 Å². The number of carbonyl (C=O) groups excluding carboxylic acids is 1. The number of rotatable bonds is 5. The van der Waals surface area contributed by atoms with Crippen molar-refractivity contribution in [3.8, 4) is 6.07 Å². The van der Waals surface area contributed by atoms with E-state index < -0.39 is 0 Å². The number of Topliss-reactive ketones (excluding diaryl/α,β-unsaturated/α-hetero) is 1. The first-order chi connectivity index (χ1) is 7.52. The van der Waals surface area contributed by atoms with Gasteiger partial charge in [-0.25, -0.2) is 0 Å². The molecule has 0 saturated heterocycles. The lowest BCUT2D eigenvalue weighted by atomic mass is 10.1. The van der Waals surface area contributed by atoms with Gasteiger partial charge >= 0.3 is 0 Å². The first-order valence-electron chi connectivity index (χ1n) is 5.26. The molecule has 4 nitrogen and oxygen atoms in total. The minimum Gasteiger partial charge on any atom is -0.357 e. The fraction of sp³-hybridized carbons (Fsp3) is 0.500. The van der Waals surface area contributed by atoms with E-state index in [-0.39, 0.29) is 11.7 Å². The predicted octanol–water partition coefficient (Wildman–Crippen LogP) is 1.30. The molecule has 0 aliphatic carbocycles. The molecular weight excluding hydrogens is 202 g/mol. The van der Waals surface area contributed by atoms with Gasteiger partial charge in [-0.1, -0.05) is 0 Å². The lowest BCUT2D eigenvalue weighted by molar-refractivity contribution is 0.0943. The van der Waals surface area contributed by atoms with Crippen molar-refractivity contribution in [2.75, 3.05) is 20.1 Å². The molecule has 1 aromatic rings. The van der Waals surface area contributed by atoms with Crippen LogP contribution in [0.5, 0.6) is 0 Å². The Kier molecular flexibility index (Phi) is 4.27. The van der Waals surface area contributed by atoms with E-state index in [1.54, 1.807) is 0 Å². The third-order valence-electron chi connectivity index (χ3n) is 2.37. The second-order valence-electron chi connectivity index (χ2n) is 4.22. The van der Waals surface area contributed by atoms with Gasteiger partial charge in [-0.15, -0.1) is 0 Å². The van der Waals surface area contributed by atoms with Gasteiger partial charge < -0.3 is 4.57 Å². The van der Waals surface area contributed by atoms with Crippen LogP contribution in [-0.4, -0.2) is 35.4 Å². The molecule has 16 heavy (non-hydrogen) atoms. The molecule has 0 N–H and O–H groups in total. The maximum atomic E-state index is 11.8. The maximum absolute atomic E-state index is 11.8. The Morgan fingerprint density at radius 1 is 1.69 bits per heavy atom. The molecule has 1 atom stereocenters. The van der Waals surface area contributed by atoms with Gasteiger partial charge in [0.15, 0.2) is 5.78 Å². The zero-order chi connectivity index (χ0) is 12.1. The highest BCUT2D eigenvalue weighted by molar-refractivity contribution is 5.97. The summed E-state index contributed by atoms with van der Waals surface area (Å²) in [5.74, 6) is 0.0433. The van der Waals surface area contributed by atoms with Gasteiger partial charge in [-0.3, -0.25) is 9.69 Å². The van der Waals surface area contributed by atoms with Crippen molar-refractivity contribution in [3.63, 3.8) is 0 Å². The third-order valence-corrected chi connectivity index (χ3v) is 2.37. The SMILES string of the molecule is CC(C#N)CN(C)CC(=O)c1ccn(C)c1. The summed E-state index contributed by atoms with van der Waals surface area (Å²) in [7, 11) is 3.74. The first kappa shape index (κ1) is 12.5. The summed E-state index contributed by atoms with van der Waals surface area (Å²) in [5, 5.41) is 8.67. The monoisotopic (exact) mass is 219 g/mol. The predicted molar refractivity (Wildman–Crippen MR) is 62.0 cm³/mol. The Morgan fingerprint density at radius 3 is 2.88 bits per heavy atom. The van der Waals surface area contributed by atoms with E-state index in [1.165, 1.54) is 0 Å². The Labute approximate surface area is 96.1 Å². The molecule has 0 aromatic carbocycles. The van der Waals surface area contributed by atoms with Crippen LogP contribution in [0.2, 0.25) is 0 Å².